The maximum Gasteiger partial charge on any atom is 1.00 e. The molecule has 0 radical (unpaired) electrons. The number of carboxylic acid groups (broad SMARTS) is 2. The van der Waals surface area contributed by atoms with Gasteiger partial charge in [0.15, 0.2) is 12.2 Å². The van der Waals surface area contributed by atoms with Gasteiger partial charge in [0.05, 0.1) is 0 Å². The van der Waals surface area contributed by atoms with Crippen molar-refractivity contribution in [3.05, 3.63) is 0 Å². The van der Waals surface area contributed by atoms with Crippen LogP contribution in [0.1, 0.15) is 0 Å². The van der Waals surface area contributed by atoms with Crippen LogP contribution in [-0.2, 0) is 9.59 Å². The van der Waals surface area contributed by atoms with Gasteiger partial charge >= 0.3 is 30.8 Å². The summed E-state index contributed by atoms with van der Waals surface area (Å²) in [7, 11) is 0. The number of carbonyl (C=O) groups is 2. The maximum atomic E-state index is 9.77. The fourth-order valence-electron chi connectivity index (χ4n) is 0.270. The number of hydrogen-bond acceptors (Lipinski definition) is 4. The predicted octanol–water partition coefficient (Wildman–Crippen LogP) is -5.12. The molecule has 0 aliphatic heterocycles. The number of aliphatic hydroxyl groups is 2. The number of rotatable bonds is 3. The normalized spacial score (nSPS) is 14.4. The van der Waals surface area contributed by atoms with Gasteiger partial charge < -0.3 is 20.4 Å². The second-order valence-electron chi connectivity index (χ2n) is 1.57. The van der Waals surface area contributed by atoms with E-state index in [1.807, 2.05) is 0 Å². The Labute approximate surface area is 73.6 Å². The third-order valence-electron chi connectivity index (χ3n) is 0.805. The molecule has 2 unspecified atom stereocenters. The van der Waals surface area contributed by atoms with E-state index >= 15 is 0 Å². The van der Waals surface area contributed by atoms with E-state index in [0.717, 1.165) is 0 Å². The van der Waals surface area contributed by atoms with Gasteiger partial charge in [0.1, 0.15) is 0 Å². The summed E-state index contributed by atoms with van der Waals surface area (Å²) in [5, 5.41) is 32.5. The fourth-order valence-corrected chi connectivity index (χ4v) is 0.270. The standard InChI is InChI=1S/C4H6O6.Li/c5-1(3(7)8)2(6)4(9)10;/h1-2,5-6H,(H,7,8)(H,9,10);/q;+1. The predicted molar refractivity (Wildman–Crippen MR) is 27.3 cm³/mol. The molecule has 4 N–H and O–H groups in total. The smallest absolute Gasteiger partial charge is 0.479 e. The molecule has 0 heterocycles. The summed E-state index contributed by atoms with van der Waals surface area (Å²) < 4.78 is 0. The Bertz CT molecular complexity index is 139. The van der Waals surface area contributed by atoms with E-state index in [1.54, 1.807) is 0 Å². The summed E-state index contributed by atoms with van der Waals surface area (Å²) in [6, 6.07) is 0. The summed E-state index contributed by atoms with van der Waals surface area (Å²) in [4.78, 5) is 19.5. The van der Waals surface area contributed by atoms with Gasteiger partial charge in [0.25, 0.3) is 0 Å². The van der Waals surface area contributed by atoms with Crippen LogP contribution < -0.4 is 18.9 Å². The van der Waals surface area contributed by atoms with E-state index in [1.165, 1.54) is 0 Å². The Kier molecular flexibility index (Phi) is 6.13. The van der Waals surface area contributed by atoms with Gasteiger partial charge in [-0.15, -0.1) is 0 Å². The zero-order valence-electron chi connectivity index (χ0n) is 5.76. The Morgan fingerprint density at radius 1 is 0.909 bits per heavy atom. The minimum atomic E-state index is -2.27. The van der Waals surface area contributed by atoms with Crippen LogP contribution >= 0.6 is 0 Å². The Morgan fingerprint density at radius 2 is 1.09 bits per heavy atom. The molecule has 0 bridgehead atoms. The first-order chi connectivity index (χ1) is 4.46. The molecule has 11 heavy (non-hydrogen) atoms. The van der Waals surface area contributed by atoms with Crippen molar-refractivity contribution >= 4 is 11.9 Å². The van der Waals surface area contributed by atoms with E-state index in [-0.39, 0.29) is 18.9 Å². The number of carboxylic acids is 2. The van der Waals surface area contributed by atoms with Gasteiger partial charge in [-0.05, 0) is 0 Å². The number of aliphatic carboxylic acids is 2. The maximum absolute atomic E-state index is 9.77. The second-order valence-corrected chi connectivity index (χ2v) is 1.57. The van der Waals surface area contributed by atoms with Crippen molar-refractivity contribution in [1.82, 2.24) is 0 Å². The number of aliphatic hydroxyl groups excluding tert-OH is 2. The van der Waals surface area contributed by atoms with Crippen LogP contribution in [0.3, 0.4) is 0 Å². The van der Waals surface area contributed by atoms with Gasteiger partial charge in [0.2, 0.25) is 0 Å². The molecule has 58 valence electrons. The SMILES string of the molecule is O=C(O)C(O)C(O)C(=O)O.[Li+]. The van der Waals surface area contributed by atoms with Crippen molar-refractivity contribution in [2.45, 2.75) is 12.2 Å². The summed E-state index contributed by atoms with van der Waals surface area (Å²) in [6.45, 7) is 0. The third kappa shape index (κ3) is 4.01. The zero-order valence-corrected chi connectivity index (χ0v) is 5.76. The molecule has 0 amide bonds. The molecule has 6 nitrogen and oxygen atoms in total. The molecule has 7 heteroatoms. The molecule has 0 rings (SSSR count). The molecule has 0 aliphatic carbocycles. The first kappa shape index (κ1) is 13.1. The van der Waals surface area contributed by atoms with Gasteiger partial charge in [-0.1, -0.05) is 0 Å². The average molecular weight is 157 g/mol. The van der Waals surface area contributed by atoms with Gasteiger partial charge in [0, 0.05) is 0 Å². The van der Waals surface area contributed by atoms with Crippen LogP contribution in [0, 0.1) is 0 Å². The summed E-state index contributed by atoms with van der Waals surface area (Å²) in [6.07, 6.45) is -4.53. The Morgan fingerprint density at radius 3 is 1.18 bits per heavy atom. The molecule has 0 saturated carbocycles. The van der Waals surface area contributed by atoms with Crippen LogP contribution in [0.2, 0.25) is 0 Å². The molecule has 0 aromatic rings. The van der Waals surface area contributed by atoms with Crippen LogP contribution in [0.5, 0.6) is 0 Å². The fraction of sp³-hybridized carbons (Fsp3) is 0.500. The third-order valence-corrected chi connectivity index (χ3v) is 0.805. The van der Waals surface area contributed by atoms with Crippen molar-refractivity contribution in [2.75, 3.05) is 0 Å². The largest absolute Gasteiger partial charge is 1.00 e. The quantitative estimate of drug-likeness (QED) is 0.304. The zero-order chi connectivity index (χ0) is 8.31. The van der Waals surface area contributed by atoms with Crippen LogP contribution in [0.4, 0.5) is 0 Å². The van der Waals surface area contributed by atoms with Crippen molar-refractivity contribution in [1.29, 1.82) is 0 Å². The summed E-state index contributed by atoms with van der Waals surface area (Å²) >= 11 is 0. The first-order valence-corrected chi connectivity index (χ1v) is 2.28. The van der Waals surface area contributed by atoms with Gasteiger partial charge in [-0.2, -0.15) is 0 Å². The molecule has 0 aromatic heterocycles. The first-order valence-electron chi connectivity index (χ1n) is 2.28. The van der Waals surface area contributed by atoms with E-state index in [0.29, 0.717) is 0 Å². The van der Waals surface area contributed by atoms with E-state index in [2.05, 4.69) is 0 Å². The van der Waals surface area contributed by atoms with Crippen molar-refractivity contribution in [3.8, 4) is 0 Å². The molecule has 0 fully saturated rings. The van der Waals surface area contributed by atoms with Crippen LogP contribution in [0.25, 0.3) is 0 Å². The van der Waals surface area contributed by atoms with Gasteiger partial charge in [-0.25, -0.2) is 9.59 Å². The van der Waals surface area contributed by atoms with E-state index in [9.17, 15) is 9.59 Å². The van der Waals surface area contributed by atoms with E-state index in [4.69, 9.17) is 20.4 Å². The minimum absolute atomic E-state index is 0. The molecule has 2 atom stereocenters. The topological polar surface area (TPSA) is 115 Å². The summed E-state index contributed by atoms with van der Waals surface area (Å²) in [5.41, 5.74) is 0. The Balaban J connectivity index is 0. The van der Waals surface area contributed by atoms with Crippen molar-refractivity contribution < 1.29 is 48.9 Å². The minimum Gasteiger partial charge on any atom is -0.479 e. The van der Waals surface area contributed by atoms with Crippen molar-refractivity contribution in [2.24, 2.45) is 0 Å². The average Bonchev–Trinajstić information content (AvgIpc) is 1.84. The Hall–Kier alpha value is -0.543. The molecule has 0 saturated heterocycles. The monoisotopic (exact) mass is 157 g/mol. The van der Waals surface area contributed by atoms with Crippen LogP contribution in [0.15, 0.2) is 0 Å². The van der Waals surface area contributed by atoms with E-state index < -0.39 is 24.1 Å². The summed E-state index contributed by atoms with van der Waals surface area (Å²) in [5.74, 6) is -3.54. The number of hydrogen-bond donors (Lipinski definition) is 4. The second kappa shape index (κ2) is 5.15. The molecular weight excluding hydrogens is 151 g/mol. The van der Waals surface area contributed by atoms with Crippen molar-refractivity contribution in [3.63, 3.8) is 0 Å². The molecule has 0 aliphatic rings. The molecular formula is C4H6LiO6+. The van der Waals surface area contributed by atoms with Gasteiger partial charge in [-0.3, -0.25) is 0 Å². The molecule has 0 spiro atoms. The molecule has 0 aromatic carbocycles. The van der Waals surface area contributed by atoms with Crippen LogP contribution in [-0.4, -0.2) is 44.6 Å².